The van der Waals surface area contributed by atoms with Gasteiger partial charge in [0.2, 0.25) is 0 Å². The Morgan fingerprint density at radius 1 is 1.64 bits per heavy atom. The molecule has 1 heterocycles. The van der Waals surface area contributed by atoms with Crippen LogP contribution < -0.4 is 11.1 Å². The second-order valence-electron chi connectivity index (χ2n) is 3.32. The Bertz CT molecular complexity index is 209. The summed E-state index contributed by atoms with van der Waals surface area (Å²) in [6.45, 7) is 0.884. The van der Waals surface area contributed by atoms with Crippen LogP contribution in [-0.4, -0.2) is 18.4 Å². The quantitative estimate of drug-likeness (QED) is 0.282. The number of hydrogen-bond acceptors (Lipinski definition) is 2. The van der Waals surface area contributed by atoms with Gasteiger partial charge in [0.05, 0.1) is 5.84 Å². The zero-order chi connectivity index (χ0) is 7.84. The maximum atomic E-state index is 7.35. The molecule has 1 aliphatic carbocycles. The summed E-state index contributed by atoms with van der Waals surface area (Å²) in [7, 11) is 0. The topological polar surface area (TPSA) is 61.9 Å². The average Bonchev–Trinajstić information content (AvgIpc) is 2.41. The maximum Gasteiger partial charge on any atom is 0.0956 e. The Balaban J connectivity index is 2.14. The van der Waals surface area contributed by atoms with E-state index in [1.54, 1.807) is 0 Å². The number of nitrogens with two attached hydrogens (primary N) is 1. The summed E-state index contributed by atoms with van der Waals surface area (Å²) in [5, 5.41) is 10.7. The van der Waals surface area contributed by atoms with Crippen LogP contribution in [0.4, 0.5) is 0 Å². The van der Waals surface area contributed by atoms with E-state index in [2.05, 4.69) is 17.5 Å². The largest absolute Gasteiger partial charge is 0.387 e. The van der Waals surface area contributed by atoms with Gasteiger partial charge in [0.25, 0.3) is 0 Å². The number of fused-ring (bicyclic) bond motifs is 1. The molecule has 0 aromatic carbocycles. The van der Waals surface area contributed by atoms with Gasteiger partial charge < -0.3 is 11.1 Å². The molecule has 0 amide bonds. The highest BCUT2D eigenvalue weighted by molar-refractivity contribution is 5.81. The molecule has 4 N–H and O–H groups in total. The molecule has 3 heteroatoms. The van der Waals surface area contributed by atoms with E-state index in [-0.39, 0.29) is 5.92 Å². The molecule has 60 valence electrons. The van der Waals surface area contributed by atoms with Crippen molar-refractivity contribution in [1.29, 1.82) is 5.41 Å². The number of amidine groups is 1. The molecule has 3 unspecified atom stereocenters. The van der Waals surface area contributed by atoms with Crippen LogP contribution in [0.15, 0.2) is 12.2 Å². The third kappa shape index (κ3) is 0.959. The zero-order valence-electron chi connectivity index (χ0n) is 6.38. The smallest absolute Gasteiger partial charge is 0.0956 e. The number of nitrogens with one attached hydrogen (secondary N) is 2. The van der Waals surface area contributed by atoms with Crippen molar-refractivity contribution >= 4 is 5.84 Å². The van der Waals surface area contributed by atoms with Crippen LogP contribution in [0.25, 0.3) is 0 Å². The van der Waals surface area contributed by atoms with Gasteiger partial charge in [0.1, 0.15) is 0 Å². The van der Waals surface area contributed by atoms with Crippen molar-refractivity contribution in [2.45, 2.75) is 12.5 Å². The summed E-state index contributed by atoms with van der Waals surface area (Å²) in [4.78, 5) is 0. The van der Waals surface area contributed by atoms with Gasteiger partial charge >= 0.3 is 0 Å². The molecule has 0 radical (unpaired) electrons. The van der Waals surface area contributed by atoms with Crippen LogP contribution in [0, 0.1) is 17.2 Å². The third-order valence-electron chi connectivity index (χ3n) is 2.68. The van der Waals surface area contributed by atoms with Crippen molar-refractivity contribution < 1.29 is 0 Å². The Morgan fingerprint density at radius 2 is 2.45 bits per heavy atom. The molecule has 1 fully saturated rings. The van der Waals surface area contributed by atoms with Gasteiger partial charge in [-0.25, -0.2) is 0 Å². The Kier molecular flexibility index (Phi) is 1.46. The fourth-order valence-corrected chi connectivity index (χ4v) is 2.04. The van der Waals surface area contributed by atoms with Crippen LogP contribution in [0.3, 0.4) is 0 Å². The third-order valence-corrected chi connectivity index (χ3v) is 2.68. The minimum atomic E-state index is 0.249. The minimum absolute atomic E-state index is 0.249. The first-order chi connectivity index (χ1) is 5.29. The molecule has 11 heavy (non-hydrogen) atoms. The van der Waals surface area contributed by atoms with E-state index in [1.165, 1.54) is 0 Å². The van der Waals surface area contributed by atoms with Crippen molar-refractivity contribution in [3.63, 3.8) is 0 Å². The fraction of sp³-hybridized carbons (Fsp3) is 0.625. The molecule has 1 aliphatic heterocycles. The Morgan fingerprint density at radius 3 is 3.18 bits per heavy atom. The molecule has 0 aromatic heterocycles. The first kappa shape index (κ1) is 6.85. The molecule has 2 aliphatic rings. The van der Waals surface area contributed by atoms with Gasteiger partial charge in [0, 0.05) is 24.4 Å². The second kappa shape index (κ2) is 2.34. The number of rotatable bonds is 1. The Hall–Kier alpha value is -0.830. The van der Waals surface area contributed by atoms with E-state index in [0.29, 0.717) is 17.8 Å². The van der Waals surface area contributed by atoms with E-state index in [4.69, 9.17) is 11.1 Å². The standard InChI is InChI=1S/C8H13N3/c9-8(10)6-4-11-7-3-1-2-5(6)7/h1-2,5-7,11H,3-4H2,(H3,9,10). The average molecular weight is 151 g/mol. The van der Waals surface area contributed by atoms with Crippen LogP contribution in [0.1, 0.15) is 6.42 Å². The van der Waals surface area contributed by atoms with Gasteiger partial charge in [-0.1, -0.05) is 12.2 Å². The molecule has 0 saturated carbocycles. The van der Waals surface area contributed by atoms with Crippen LogP contribution >= 0.6 is 0 Å². The maximum absolute atomic E-state index is 7.35. The summed E-state index contributed by atoms with van der Waals surface area (Å²) in [5.74, 6) is 1.07. The molecule has 3 atom stereocenters. The van der Waals surface area contributed by atoms with Gasteiger partial charge in [-0.2, -0.15) is 0 Å². The van der Waals surface area contributed by atoms with Gasteiger partial charge in [-0.3, -0.25) is 5.41 Å². The Labute approximate surface area is 66.2 Å². The summed E-state index contributed by atoms with van der Waals surface area (Å²) >= 11 is 0. The lowest BCUT2D eigenvalue weighted by molar-refractivity contribution is 0.531. The highest BCUT2D eigenvalue weighted by Crippen LogP contribution is 2.30. The molecular formula is C8H13N3. The van der Waals surface area contributed by atoms with Crippen molar-refractivity contribution in [3.8, 4) is 0 Å². The predicted octanol–water partition coefficient (Wildman–Crippen LogP) is 0.0865. The van der Waals surface area contributed by atoms with E-state index in [0.717, 1.165) is 13.0 Å². The van der Waals surface area contributed by atoms with Crippen molar-refractivity contribution in [3.05, 3.63) is 12.2 Å². The molecule has 2 rings (SSSR count). The van der Waals surface area contributed by atoms with Crippen LogP contribution in [0.2, 0.25) is 0 Å². The molecular weight excluding hydrogens is 138 g/mol. The van der Waals surface area contributed by atoms with E-state index < -0.39 is 0 Å². The SMILES string of the molecule is N=C(N)C1CNC2CC=CC21. The minimum Gasteiger partial charge on any atom is -0.387 e. The predicted molar refractivity (Wildman–Crippen MR) is 44.4 cm³/mol. The second-order valence-corrected chi connectivity index (χ2v) is 3.32. The van der Waals surface area contributed by atoms with Crippen LogP contribution in [0.5, 0.6) is 0 Å². The summed E-state index contributed by atoms with van der Waals surface area (Å²) in [5.41, 5.74) is 5.46. The summed E-state index contributed by atoms with van der Waals surface area (Å²) in [6, 6.07) is 0.559. The van der Waals surface area contributed by atoms with Crippen molar-refractivity contribution in [2.75, 3.05) is 6.54 Å². The lowest BCUT2D eigenvalue weighted by atomic mass is 9.93. The van der Waals surface area contributed by atoms with Crippen LogP contribution in [-0.2, 0) is 0 Å². The van der Waals surface area contributed by atoms with Gasteiger partial charge in [0.15, 0.2) is 0 Å². The van der Waals surface area contributed by atoms with Crippen molar-refractivity contribution in [2.24, 2.45) is 17.6 Å². The first-order valence-electron chi connectivity index (χ1n) is 4.03. The molecule has 0 aromatic rings. The van der Waals surface area contributed by atoms with E-state index in [1.807, 2.05) is 0 Å². The van der Waals surface area contributed by atoms with E-state index >= 15 is 0 Å². The normalized spacial score (nSPS) is 40.9. The lowest BCUT2D eigenvalue weighted by Crippen LogP contribution is -2.28. The van der Waals surface area contributed by atoms with Gasteiger partial charge in [-0.15, -0.1) is 0 Å². The van der Waals surface area contributed by atoms with E-state index in [9.17, 15) is 0 Å². The molecule has 0 bridgehead atoms. The van der Waals surface area contributed by atoms with Crippen molar-refractivity contribution in [1.82, 2.24) is 5.32 Å². The fourth-order valence-electron chi connectivity index (χ4n) is 2.04. The molecule has 0 spiro atoms. The first-order valence-corrected chi connectivity index (χ1v) is 4.03. The van der Waals surface area contributed by atoms with Gasteiger partial charge in [-0.05, 0) is 6.42 Å². The highest BCUT2D eigenvalue weighted by Gasteiger charge is 2.37. The molecule has 3 nitrogen and oxygen atoms in total. The summed E-state index contributed by atoms with van der Waals surface area (Å²) in [6.07, 6.45) is 5.47. The lowest BCUT2D eigenvalue weighted by Gasteiger charge is -2.13. The monoisotopic (exact) mass is 151 g/mol. The number of hydrogen-bond donors (Lipinski definition) is 3. The molecule has 1 saturated heterocycles. The highest BCUT2D eigenvalue weighted by atomic mass is 15.0. The summed E-state index contributed by atoms with van der Waals surface area (Å²) < 4.78 is 0. The zero-order valence-corrected chi connectivity index (χ0v) is 6.38.